The van der Waals surface area contributed by atoms with E-state index in [0.29, 0.717) is 15.7 Å². The first-order chi connectivity index (χ1) is 9.95. The van der Waals surface area contributed by atoms with E-state index in [9.17, 15) is 4.79 Å². The molecule has 0 aliphatic heterocycles. The molecule has 110 valence electrons. The fourth-order valence-electron chi connectivity index (χ4n) is 1.86. The number of amides is 2. The number of rotatable bonds is 3. The summed E-state index contributed by atoms with van der Waals surface area (Å²) in [6, 6.07) is 12.0. The lowest BCUT2D eigenvalue weighted by Crippen LogP contribution is -2.31. The Morgan fingerprint density at radius 3 is 2.62 bits per heavy atom. The zero-order chi connectivity index (χ0) is 15.4. The first-order valence-corrected chi connectivity index (χ1v) is 7.78. The van der Waals surface area contributed by atoms with Crippen LogP contribution < -0.4 is 10.6 Å². The van der Waals surface area contributed by atoms with Gasteiger partial charge in [-0.2, -0.15) is 0 Å². The predicted molar refractivity (Wildman–Crippen MR) is 91.2 cm³/mol. The summed E-state index contributed by atoms with van der Waals surface area (Å²) in [5, 5.41) is 6.69. The zero-order valence-electron chi connectivity index (χ0n) is 11.2. The molecule has 0 aliphatic carbocycles. The van der Waals surface area contributed by atoms with Crippen LogP contribution in [0, 0.1) is 0 Å². The van der Waals surface area contributed by atoms with Crippen LogP contribution in [0.1, 0.15) is 18.5 Å². The maximum Gasteiger partial charge on any atom is 0.319 e. The molecule has 1 atom stereocenters. The third-order valence-corrected chi connectivity index (χ3v) is 3.91. The zero-order valence-corrected chi connectivity index (χ0v) is 14.3. The van der Waals surface area contributed by atoms with Crippen molar-refractivity contribution in [3.05, 3.63) is 62.5 Å². The number of anilines is 1. The molecule has 0 unspecified atom stereocenters. The van der Waals surface area contributed by atoms with E-state index < -0.39 is 0 Å². The molecule has 0 bridgehead atoms. The van der Waals surface area contributed by atoms with Crippen molar-refractivity contribution in [2.45, 2.75) is 13.0 Å². The second kappa shape index (κ2) is 7.16. The van der Waals surface area contributed by atoms with Crippen LogP contribution in [-0.2, 0) is 0 Å². The van der Waals surface area contributed by atoms with Crippen molar-refractivity contribution in [1.29, 1.82) is 0 Å². The van der Waals surface area contributed by atoms with Gasteiger partial charge in [0, 0.05) is 20.2 Å². The molecule has 2 N–H and O–H groups in total. The quantitative estimate of drug-likeness (QED) is 0.702. The molecule has 0 radical (unpaired) electrons. The number of carbonyl (C=O) groups excluding carboxylic acids is 1. The summed E-state index contributed by atoms with van der Waals surface area (Å²) >= 11 is 15.3. The van der Waals surface area contributed by atoms with Crippen molar-refractivity contribution >= 4 is 50.9 Å². The van der Waals surface area contributed by atoms with Gasteiger partial charge in [0.15, 0.2) is 0 Å². The van der Waals surface area contributed by atoms with E-state index in [-0.39, 0.29) is 12.1 Å². The summed E-state index contributed by atoms with van der Waals surface area (Å²) in [5.74, 6) is 0. The Morgan fingerprint density at radius 1 is 1.19 bits per heavy atom. The highest BCUT2D eigenvalue weighted by Gasteiger charge is 2.13. The molecule has 2 rings (SSSR count). The van der Waals surface area contributed by atoms with Gasteiger partial charge in [0.25, 0.3) is 0 Å². The number of hydrogen-bond donors (Lipinski definition) is 2. The van der Waals surface area contributed by atoms with E-state index in [1.54, 1.807) is 18.2 Å². The molecule has 2 aromatic rings. The van der Waals surface area contributed by atoms with E-state index in [0.717, 1.165) is 10.0 Å². The van der Waals surface area contributed by atoms with E-state index >= 15 is 0 Å². The van der Waals surface area contributed by atoms with E-state index in [1.807, 2.05) is 31.2 Å². The molecule has 3 nitrogen and oxygen atoms in total. The topological polar surface area (TPSA) is 41.1 Å². The van der Waals surface area contributed by atoms with Gasteiger partial charge in [-0.1, -0.05) is 51.3 Å². The Kier molecular flexibility index (Phi) is 5.51. The van der Waals surface area contributed by atoms with Crippen molar-refractivity contribution < 1.29 is 4.79 Å². The number of halogens is 3. The summed E-state index contributed by atoms with van der Waals surface area (Å²) in [4.78, 5) is 12.0. The van der Waals surface area contributed by atoms with Crippen LogP contribution in [-0.4, -0.2) is 6.03 Å². The molecule has 0 spiro atoms. The van der Waals surface area contributed by atoms with Crippen LogP contribution in [0.3, 0.4) is 0 Å². The maximum absolute atomic E-state index is 12.0. The summed E-state index contributed by atoms with van der Waals surface area (Å²) in [6.07, 6.45) is 0. The summed E-state index contributed by atoms with van der Waals surface area (Å²) < 4.78 is 0.897. The van der Waals surface area contributed by atoms with Crippen LogP contribution in [0.15, 0.2) is 46.9 Å². The number of urea groups is 1. The molecular formula is C15H13BrCl2N2O. The molecule has 0 saturated heterocycles. The van der Waals surface area contributed by atoms with Gasteiger partial charge in [-0.15, -0.1) is 0 Å². The Bertz CT molecular complexity index is 664. The lowest BCUT2D eigenvalue weighted by atomic mass is 10.1. The molecule has 21 heavy (non-hydrogen) atoms. The number of nitrogens with one attached hydrogen (secondary N) is 2. The van der Waals surface area contributed by atoms with Gasteiger partial charge >= 0.3 is 6.03 Å². The van der Waals surface area contributed by atoms with Crippen LogP contribution in [0.4, 0.5) is 10.5 Å². The fraction of sp³-hybridized carbons (Fsp3) is 0.133. The van der Waals surface area contributed by atoms with E-state index in [4.69, 9.17) is 23.2 Å². The Balaban J connectivity index is 2.02. The first kappa shape index (κ1) is 16.1. The minimum absolute atomic E-state index is 0.234. The average Bonchev–Trinajstić information content (AvgIpc) is 2.38. The monoisotopic (exact) mass is 386 g/mol. The smallest absolute Gasteiger partial charge is 0.319 e. The SMILES string of the molecule is C[C@H](NC(=O)Nc1cccc(Br)c1)c1ccc(Cl)cc1Cl. The maximum atomic E-state index is 12.0. The lowest BCUT2D eigenvalue weighted by molar-refractivity contribution is 0.249. The Hall–Kier alpha value is -1.23. The summed E-state index contributed by atoms with van der Waals surface area (Å²) in [7, 11) is 0. The van der Waals surface area contributed by atoms with Gasteiger partial charge in [0.1, 0.15) is 0 Å². The third kappa shape index (κ3) is 4.63. The van der Waals surface area contributed by atoms with Gasteiger partial charge in [0.05, 0.1) is 6.04 Å². The third-order valence-electron chi connectivity index (χ3n) is 2.86. The van der Waals surface area contributed by atoms with Crippen molar-refractivity contribution in [1.82, 2.24) is 5.32 Å². The summed E-state index contributed by atoms with van der Waals surface area (Å²) in [5.41, 5.74) is 1.52. The fourth-order valence-corrected chi connectivity index (χ4v) is 2.83. The van der Waals surface area contributed by atoms with Crippen LogP contribution >= 0.6 is 39.1 Å². The normalized spacial score (nSPS) is 11.8. The minimum atomic E-state index is -0.299. The highest BCUT2D eigenvalue weighted by Crippen LogP contribution is 2.26. The molecule has 2 amide bonds. The molecule has 2 aromatic carbocycles. The van der Waals surface area contributed by atoms with Crippen molar-refractivity contribution in [2.24, 2.45) is 0 Å². The minimum Gasteiger partial charge on any atom is -0.331 e. The standard InChI is InChI=1S/C15H13BrCl2N2O/c1-9(13-6-5-11(17)8-14(13)18)19-15(21)20-12-4-2-3-10(16)7-12/h2-9H,1H3,(H2,19,20,21)/t9-/m0/s1. The lowest BCUT2D eigenvalue weighted by Gasteiger charge is -2.16. The molecule has 0 aromatic heterocycles. The molecule has 6 heteroatoms. The van der Waals surface area contributed by atoms with Crippen molar-refractivity contribution in [2.75, 3.05) is 5.32 Å². The average molecular weight is 388 g/mol. The summed E-state index contributed by atoms with van der Waals surface area (Å²) in [6.45, 7) is 1.86. The number of carbonyl (C=O) groups is 1. The Morgan fingerprint density at radius 2 is 1.95 bits per heavy atom. The predicted octanol–water partition coefficient (Wildman–Crippen LogP) is 5.64. The highest BCUT2D eigenvalue weighted by atomic mass is 79.9. The van der Waals surface area contributed by atoms with E-state index in [1.165, 1.54) is 0 Å². The van der Waals surface area contributed by atoms with Crippen LogP contribution in [0.25, 0.3) is 0 Å². The van der Waals surface area contributed by atoms with E-state index in [2.05, 4.69) is 26.6 Å². The van der Waals surface area contributed by atoms with Crippen LogP contribution in [0.2, 0.25) is 10.0 Å². The Labute approximate surface area is 141 Å². The van der Waals surface area contributed by atoms with Crippen molar-refractivity contribution in [3.8, 4) is 0 Å². The largest absolute Gasteiger partial charge is 0.331 e. The molecule has 0 heterocycles. The second-order valence-electron chi connectivity index (χ2n) is 4.50. The van der Waals surface area contributed by atoms with Gasteiger partial charge in [-0.25, -0.2) is 4.79 Å². The number of benzene rings is 2. The molecule has 0 saturated carbocycles. The number of hydrogen-bond acceptors (Lipinski definition) is 1. The molecular weight excluding hydrogens is 375 g/mol. The van der Waals surface area contributed by atoms with Gasteiger partial charge in [-0.3, -0.25) is 0 Å². The van der Waals surface area contributed by atoms with Gasteiger partial charge in [0.2, 0.25) is 0 Å². The molecule has 0 aliphatic rings. The first-order valence-electron chi connectivity index (χ1n) is 6.24. The van der Waals surface area contributed by atoms with Crippen LogP contribution in [0.5, 0.6) is 0 Å². The van der Waals surface area contributed by atoms with Gasteiger partial charge < -0.3 is 10.6 Å². The van der Waals surface area contributed by atoms with Crippen molar-refractivity contribution in [3.63, 3.8) is 0 Å². The second-order valence-corrected chi connectivity index (χ2v) is 6.26. The highest BCUT2D eigenvalue weighted by molar-refractivity contribution is 9.10. The molecule has 0 fully saturated rings. The van der Waals surface area contributed by atoms with Gasteiger partial charge in [-0.05, 0) is 42.8 Å².